The first-order chi connectivity index (χ1) is 22.7. The van der Waals surface area contributed by atoms with Crippen molar-refractivity contribution in [2.75, 3.05) is 47.5 Å². The lowest BCUT2D eigenvalue weighted by Gasteiger charge is -2.30. The lowest BCUT2D eigenvalue weighted by atomic mass is 10.0. The number of hydrogen-bond donors (Lipinski definition) is 0. The molecule has 0 aliphatic rings. The van der Waals surface area contributed by atoms with Crippen LogP contribution in [0.1, 0.15) is 206 Å². The summed E-state index contributed by atoms with van der Waals surface area (Å²) in [5, 5.41) is 0. The molecule has 0 aliphatic heterocycles. The smallest absolute Gasteiger partial charge is 0.268 e. The SMILES string of the molecule is CCCCCCCCCCCCCCCCCCCC(COCCCCCCCCCCCCCC)OP(=O)([O-])OCC[N+](C)(C)C. The van der Waals surface area contributed by atoms with Crippen molar-refractivity contribution in [3.63, 3.8) is 0 Å². The summed E-state index contributed by atoms with van der Waals surface area (Å²) in [5.41, 5.74) is 0. The Hall–Kier alpha value is 0.0300. The van der Waals surface area contributed by atoms with Crippen molar-refractivity contribution in [2.45, 2.75) is 213 Å². The summed E-state index contributed by atoms with van der Waals surface area (Å²) >= 11 is 0. The zero-order valence-electron chi connectivity index (χ0n) is 32.6. The Bertz CT molecular complexity index is 671. The summed E-state index contributed by atoms with van der Waals surface area (Å²) in [5.74, 6) is 0. The highest BCUT2D eigenvalue weighted by atomic mass is 31.2. The highest BCUT2D eigenvalue weighted by Crippen LogP contribution is 2.40. The second-order valence-electron chi connectivity index (χ2n) is 15.4. The van der Waals surface area contributed by atoms with E-state index >= 15 is 0 Å². The van der Waals surface area contributed by atoms with Crippen LogP contribution in [0.25, 0.3) is 0 Å². The van der Waals surface area contributed by atoms with Crippen LogP contribution >= 0.6 is 7.82 Å². The minimum Gasteiger partial charge on any atom is -0.756 e. The summed E-state index contributed by atoms with van der Waals surface area (Å²) in [6.07, 6.45) is 38.7. The molecule has 6 nitrogen and oxygen atoms in total. The van der Waals surface area contributed by atoms with Gasteiger partial charge in [0.2, 0.25) is 0 Å². The average Bonchev–Trinajstić information content (AvgIpc) is 3.01. The molecule has 0 amide bonds. The standard InChI is InChI=1S/C40H84NO5P/c1-6-8-10-12-14-16-18-20-21-22-23-24-25-27-29-31-33-35-40(46-47(42,43)45-38-36-41(3,4)5)39-44-37-34-32-30-28-26-19-17-15-13-11-9-7-2/h40H,6-39H2,1-5H3. The van der Waals surface area contributed by atoms with E-state index < -0.39 is 13.9 Å². The van der Waals surface area contributed by atoms with Crippen LogP contribution in [0.15, 0.2) is 0 Å². The Balaban J connectivity index is 4.05. The molecule has 0 radical (unpaired) electrons. The first-order valence-electron chi connectivity index (χ1n) is 20.7. The number of nitrogens with zero attached hydrogens (tertiary/aromatic N) is 1. The molecule has 0 rings (SSSR count). The number of rotatable bonds is 39. The van der Waals surface area contributed by atoms with Gasteiger partial charge in [-0.2, -0.15) is 0 Å². The van der Waals surface area contributed by atoms with E-state index in [2.05, 4.69) is 13.8 Å². The molecule has 2 unspecified atom stereocenters. The third-order valence-corrected chi connectivity index (χ3v) is 10.4. The van der Waals surface area contributed by atoms with E-state index in [1.807, 2.05) is 21.1 Å². The van der Waals surface area contributed by atoms with Crippen molar-refractivity contribution in [3.05, 3.63) is 0 Å². The maximum Gasteiger partial charge on any atom is 0.268 e. The van der Waals surface area contributed by atoms with Crippen molar-refractivity contribution < 1.29 is 27.7 Å². The quantitative estimate of drug-likeness (QED) is 0.0365. The van der Waals surface area contributed by atoms with Gasteiger partial charge in [-0.3, -0.25) is 4.57 Å². The predicted molar refractivity (Wildman–Crippen MR) is 202 cm³/mol. The molecule has 0 bridgehead atoms. The molecule has 0 spiro atoms. The van der Waals surface area contributed by atoms with Gasteiger partial charge in [-0.25, -0.2) is 0 Å². The second kappa shape index (κ2) is 34.5. The largest absolute Gasteiger partial charge is 0.756 e. The zero-order valence-corrected chi connectivity index (χ0v) is 33.4. The molecule has 284 valence electrons. The number of ether oxygens (including phenoxy) is 1. The van der Waals surface area contributed by atoms with Crippen molar-refractivity contribution in [1.29, 1.82) is 0 Å². The molecule has 0 saturated heterocycles. The topological polar surface area (TPSA) is 67.8 Å². The predicted octanol–water partition coefficient (Wildman–Crippen LogP) is 12.3. The molecule has 0 aromatic rings. The van der Waals surface area contributed by atoms with Crippen LogP contribution in [0.4, 0.5) is 0 Å². The molecule has 0 aliphatic carbocycles. The van der Waals surface area contributed by atoms with E-state index in [0.717, 1.165) is 19.3 Å². The normalized spacial score (nSPS) is 14.1. The van der Waals surface area contributed by atoms with Gasteiger partial charge in [0.25, 0.3) is 7.82 Å². The fourth-order valence-corrected chi connectivity index (χ4v) is 7.06. The van der Waals surface area contributed by atoms with Crippen LogP contribution < -0.4 is 4.89 Å². The molecule has 0 N–H and O–H groups in total. The Morgan fingerprint density at radius 1 is 0.511 bits per heavy atom. The van der Waals surface area contributed by atoms with Gasteiger partial charge in [0.15, 0.2) is 0 Å². The van der Waals surface area contributed by atoms with Crippen molar-refractivity contribution in [3.8, 4) is 0 Å². The Labute approximate surface area is 295 Å². The fraction of sp³-hybridized carbons (Fsp3) is 1.00. The second-order valence-corrected chi connectivity index (χ2v) is 16.8. The Morgan fingerprint density at radius 3 is 1.21 bits per heavy atom. The molecular formula is C40H84NO5P. The molecular weight excluding hydrogens is 605 g/mol. The molecule has 2 atom stereocenters. The molecule has 0 aromatic carbocycles. The van der Waals surface area contributed by atoms with Crippen molar-refractivity contribution in [2.24, 2.45) is 0 Å². The summed E-state index contributed by atoms with van der Waals surface area (Å²) in [7, 11) is 1.70. The van der Waals surface area contributed by atoms with Crippen LogP contribution in [0.2, 0.25) is 0 Å². The van der Waals surface area contributed by atoms with Gasteiger partial charge >= 0.3 is 0 Å². The summed E-state index contributed by atoms with van der Waals surface area (Å²) in [6, 6.07) is 0. The lowest BCUT2D eigenvalue weighted by molar-refractivity contribution is -0.870. The summed E-state index contributed by atoms with van der Waals surface area (Å²) < 4.78 is 29.9. The lowest BCUT2D eigenvalue weighted by Crippen LogP contribution is -2.37. The average molecular weight is 690 g/mol. The van der Waals surface area contributed by atoms with E-state index in [1.54, 1.807) is 0 Å². The van der Waals surface area contributed by atoms with Crippen LogP contribution in [0.5, 0.6) is 0 Å². The number of likely N-dealkylation sites (N-methyl/N-ethyl adjacent to an activating group) is 1. The minimum absolute atomic E-state index is 0.135. The van der Waals surface area contributed by atoms with E-state index in [1.165, 1.54) is 167 Å². The molecule has 0 fully saturated rings. The minimum atomic E-state index is -4.36. The number of unbranched alkanes of at least 4 members (excludes halogenated alkanes) is 27. The van der Waals surface area contributed by atoms with Gasteiger partial charge in [-0.15, -0.1) is 0 Å². The monoisotopic (exact) mass is 690 g/mol. The van der Waals surface area contributed by atoms with Gasteiger partial charge < -0.3 is 23.2 Å². The first-order valence-corrected chi connectivity index (χ1v) is 22.2. The zero-order chi connectivity index (χ0) is 34.7. The van der Waals surface area contributed by atoms with Gasteiger partial charge in [-0.1, -0.05) is 194 Å². The van der Waals surface area contributed by atoms with Gasteiger partial charge in [0.05, 0.1) is 33.9 Å². The highest BCUT2D eigenvalue weighted by Gasteiger charge is 2.20. The van der Waals surface area contributed by atoms with Crippen LogP contribution in [0, 0.1) is 0 Å². The fourth-order valence-electron chi connectivity index (χ4n) is 6.16. The van der Waals surface area contributed by atoms with Crippen molar-refractivity contribution in [1.82, 2.24) is 0 Å². The van der Waals surface area contributed by atoms with Crippen LogP contribution in [-0.4, -0.2) is 58.1 Å². The van der Waals surface area contributed by atoms with Gasteiger partial charge in [0.1, 0.15) is 13.2 Å². The van der Waals surface area contributed by atoms with E-state index in [4.69, 9.17) is 13.8 Å². The molecule has 0 saturated carbocycles. The maximum atomic E-state index is 12.6. The van der Waals surface area contributed by atoms with Gasteiger partial charge in [0, 0.05) is 6.61 Å². The summed E-state index contributed by atoms with van der Waals surface area (Å²) in [4.78, 5) is 12.6. The number of phosphoric acid groups is 1. The molecule has 0 heterocycles. The molecule has 0 aromatic heterocycles. The van der Waals surface area contributed by atoms with E-state index in [9.17, 15) is 9.46 Å². The third kappa shape index (κ3) is 38.7. The van der Waals surface area contributed by atoms with E-state index in [-0.39, 0.29) is 6.61 Å². The number of phosphoric ester groups is 1. The van der Waals surface area contributed by atoms with Crippen LogP contribution in [0.3, 0.4) is 0 Å². The Morgan fingerprint density at radius 2 is 0.851 bits per heavy atom. The van der Waals surface area contributed by atoms with Crippen LogP contribution in [-0.2, 0) is 18.3 Å². The van der Waals surface area contributed by atoms with Gasteiger partial charge in [-0.05, 0) is 12.8 Å². The Kier molecular flexibility index (Phi) is 34.5. The molecule has 7 heteroatoms. The number of hydrogen-bond acceptors (Lipinski definition) is 5. The number of quaternary nitrogens is 1. The highest BCUT2D eigenvalue weighted by molar-refractivity contribution is 7.45. The molecule has 47 heavy (non-hydrogen) atoms. The van der Waals surface area contributed by atoms with Crippen molar-refractivity contribution >= 4 is 7.82 Å². The first kappa shape index (κ1) is 47.0. The third-order valence-electron chi connectivity index (χ3n) is 9.37. The maximum absolute atomic E-state index is 12.6. The summed E-state index contributed by atoms with van der Waals surface area (Å²) in [6.45, 7) is 6.29. The van der Waals surface area contributed by atoms with E-state index in [0.29, 0.717) is 30.7 Å².